The standard InChI is InChI=1S/C12H12BrClN4/c1-6-3-8(13)10(4-9(6)14)17-11-7(2)5-16-12(15)18-11/h3-5H,1-2H3,(H3,15,16,17,18). The molecule has 1 aromatic heterocycles. The molecule has 0 radical (unpaired) electrons. The summed E-state index contributed by atoms with van der Waals surface area (Å²) in [5.74, 6) is 0.903. The van der Waals surface area contributed by atoms with E-state index in [-0.39, 0.29) is 5.95 Å². The molecule has 94 valence electrons. The molecule has 6 heteroatoms. The third-order valence-electron chi connectivity index (χ3n) is 2.49. The van der Waals surface area contributed by atoms with Crippen LogP contribution in [-0.4, -0.2) is 9.97 Å². The fourth-order valence-electron chi connectivity index (χ4n) is 1.45. The van der Waals surface area contributed by atoms with Crippen molar-refractivity contribution >= 4 is 45.0 Å². The lowest BCUT2D eigenvalue weighted by molar-refractivity contribution is 1.14. The van der Waals surface area contributed by atoms with Gasteiger partial charge in [-0.1, -0.05) is 11.6 Å². The Bertz CT molecular complexity index is 601. The summed E-state index contributed by atoms with van der Waals surface area (Å²) in [4.78, 5) is 8.08. The first-order valence-corrected chi connectivity index (χ1v) is 6.46. The van der Waals surface area contributed by atoms with Crippen LogP contribution in [0.15, 0.2) is 22.8 Å². The molecule has 0 aliphatic heterocycles. The van der Waals surface area contributed by atoms with Crippen molar-refractivity contribution in [2.45, 2.75) is 13.8 Å². The Balaban J connectivity index is 2.40. The van der Waals surface area contributed by atoms with Gasteiger partial charge in [0.2, 0.25) is 5.95 Å². The van der Waals surface area contributed by atoms with Crippen LogP contribution in [-0.2, 0) is 0 Å². The highest BCUT2D eigenvalue weighted by atomic mass is 79.9. The largest absolute Gasteiger partial charge is 0.368 e. The van der Waals surface area contributed by atoms with Gasteiger partial charge in [-0.15, -0.1) is 0 Å². The van der Waals surface area contributed by atoms with Gasteiger partial charge in [-0.05, 0) is 47.5 Å². The van der Waals surface area contributed by atoms with Crippen LogP contribution < -0.4 is 11.1 Å². The highest BCUT2D eigenvalue weighted by molar-refractivity contribution is 9.10. The smallest absolute Gasteiger partial charge is 0.221 e. The van der Waals surface area contributed by atoms with E-state index in [1.807, 2.05) is 26.0 Å². The maximum absolute atomic E-state index is 6.10. The van der Waals surface area contributed by atoms with Gasteiger partial charge in [0, 0.05) is 21.3 Å². The van der Waals surface area contributed by atoms with Crippen LogP contribution >= 0.6 is 27.5 Å². The summed E-state index contributed by atoms with van der Waals surface area (Å²) < 4.78 is 0.918. The van der Waals surface area contributed by atoms with Gasteiger partial charge in [-0.2, -0.15) is 4.98 Å². The third-order valence-corrected chi connectivity index (χ3v) is 3.56. The summed E-state index contributed by atoms with van der Waals surface area (Å²) in [6.07, 6.45) is 1.67. The highest BCUT2D eigenvalue weighted by Crippen LogP contribution is 2.31. The van der Waals surface area contributed by atoms with Crippen molar-refractivity contribution in [3.05, 3.63) is 39.0 Å². The number of nitrogens with one attached hydrogen (secondary N) is 1. The first-order chi connectivity index (χ1) is 8.47. The number of nitrogen functional groups attached to an aromatic ring is 1. The predicted octanol–water partition coefficient (Wildman–Crippen LogP) is 3.84. The van der Waals surface area contributed by atoms with Gasteiger partial charge >= 0.3 is 0 Å². The van der Waals surface area contributed by atoms with Crippen LogP contribution in [0, 0.1) is 13.8 Å². The van der Waals surface area contributed by atoms with Crippen molar-refractivity contribution in [3.63, 3.8) is 0 Å². The van der Waals surface area contributed by atoms with Crippen molar-refractivity contribution in [2.24, 2.45) is 0 Å². The van der Waals surface area contributed by atoms with E-state index in [0.717, 1.165) is 21.3 Å². The molecule has 18 heavy (non-hydrogen) atoms. The van der Waals surface area contributed by atoms with E-state index in [1.54, 1.807) is 6.20 Å². The summed E-state index contributed by atoms with van der Waals surface area (Å²) >= 11 is 9.59. The fourth-order valence-corrected chi connectivity index (χ4v) is 2.17. The van der Waals surface area contributed by atoms with Gasteiger partial charge in [0.05, 0.1) is 5.69 Å². The molecule has 0 bridgehead atoms. The van der Waals surface area contributed by atoms with Gasteiger partial charge in [0.1, 0.15) is 5.82 Å². The zero-order valence-corrected chi connectivity index (χ0v) is 12.3. The number of hydrogen-bond acceptors (Lipinski definition) is 4. The summed E-state index contributed by atoms with van der Waals surface area (Å²) in [7, 11) is 0. The Kier molecular flexibility index (Phi) is 3.73. The maximum Gasteiger partial charge on any atom is 0.221 e. The molecule has 0 amide bonds. The molecule has 2 rings (SSSR count). The summed E-state index contributed by atoms with van der Waals surface area (Å²) in [6, 6.07) is 3.79. The Labute approximate surface area is 119 Å². The first-order valence-electron chi connectivity index (χ1n) is 5.29. The molecular weight excluding hydrogens is 316 g/mol. The van der Waals surface area contributed by atoms with Crippen molar-refractivity contribution < 1.29 is 0 Å². The minimum atomic E-state index is 0.234. The third kappa shape index (κ3) is 2.73. The van der Waals surface area contributed by atoms with E-state index < -0.39 is 0 Å². The van der Waals surface area contributed by atoms with E-state index in [9.17, 15) is 0 Å². The van der Waals surface area contributed by atoms with E-state index in [4.69, 9.17) is 17.3 Å². The topological polar surface area (TPSA) is 63.8 Å². The second-order valence-electron chi connectivity index (χ2n) is 3.97. The van der Waals surface area contributed by atoms with E-state index in [2.05, 4.69) is 31.2 Å². The van der Waals surface area contributed by atoms with Crippen LogP contribution in [0.1, 0.15) is 11.1 Å². The summed E-state index contributed by atoms with van der Waals surface area (Å²) in [5.41, 5.74) is 8.33. The first kappa shape index (κ1) is 13.1. The number of nitrogens with two attached hydrogens (primary N) is 1. The van der Waals surface area contributed by atoms with Gasteiger partial charge in [0.25, 0.3) is 0 Å². The minimum Gasteiger partial charge on any atom is -0.368 e. The van der Waals surface area contributed by atoms with Crippen molar-refractivity contribution in [1.29, 1.82) is 0 Å². The lowest BCUT2D eigenvalue weighted by Gasteiger charge is -2.11. The second kappa shape index (κ2) is 5.12. The molecule has 0 aliphatic carbocycles. The number of aromatic nitrogens is 2. The van der Waals surface area contributed by atoms with Crippen LogP contribution in [0.2, 0.25) is 5.02 Å². The Hall–Kier alpha value is -1.33. The monoisotopic (exact) mass is 326 g/mol. The molecule has 1 aromatic carbocycles. The predicted molar refractivity (Wildman–Crippen MR) is 78.4 cm³/mol. The van der Waals surface area contributed by atoms with E-state index in [0.29, 0.717) is 10.8 Å². The number of nitrogens with zero attached hydrogens (tertiary/aromatic N) is 2. The molecule has 0 saturated carbocycles. The molecule has 0 unspecified atom stereocenters. The Morgan fingerprint density at radius 1 is 1.28 bits per heavy atom. The van der Waals surface area contributed by atoms with E-state index in [1.165, 1.54) is 0 Å². The van der Waals surface area contributed by atoms with Crippen molar-refractivity contribution in [2.75, 3.05) is 11.1 Å². The Morgan fingerprint density at radius 2 is 2.00 bits per heavy atom. The molecule has 3 N–H and O–H groups in total. The second-order valence-corrected chi connectivity index (χ2v) is 5.23. The van der Waals surface area contributed by atoms with Crippen molar-refractivity contribution in [3.8, 4) is 0 Å². The SMILES string of the molecule is Cc1cc(Br)c(Nc2nc(N)ncc2C)cc1Cl. The highest BCUT2D eigenvalue weighted by Gasteiger charge is 2.07. The van der Waals surface area contributed by atoms with Gasteiger partial charge in [-0.3, -0.25) is 0 Å². The van der Waals surface area contributed by atoms with Crippen LogP contribution in [0.5, 0.6) is 0 Å². The van der Waals surface area contributed by atoms with Crippen LogP contribution in [0.25, 0.3) is 0 Å². The Morgan fingerprint density at radius 3 is 2.72 bits per heavy atom. The number of benzene rings is 1. The molecule has 0 aliphatic rings. The maximum atomic E-state index is 6.10. The fraction of sp³-hybridized carbons (Fsp3) is 0.167. The molecule has 0 saturated heterocycles. The molecular formula is C12H12BrClN4. The quantitative estimate of drug-likeness (QED) is 0.879. The summed E-state index contributed by atoms with van der Waals surface area (Å²) in [6.45, 7) is 3.86. The van der Waals surface area contributed by atoms with Crippen LogP contribution in [0.3, 0.4) is 0 Å². The number of rotatable bonds is 2. The number of aryl methyl sites for hydroxylation is 2. The molecule has 2 aromatic rings. The average molecular weight is 328 g/mol. The average Bonchev–Trinajstić information content (AvgIpc) is 2.30. The van der Waals surface area contributed by atoms with Gasteiger partial charge in [-0.25, -0.2) is 4.98 Å². The van der Waals surface area contributed by atoms with Gasteiger partial charge in [0.15, 0.2) is 0 Å². The zero-order valence-electron chi connectivity index (χ0n) is 9.96. The normalized spacial score (nSPS) is 10.4. The summed E-state index contributed by atoms with van der Waals surface area (Å²) in [5, 5.41) is 3.88. The number of halogens is 2. The van der Waals surface area contributed by atoms with Gasteiger partial charge < -0.3 is 11.1 Å². The lowest BCUT2D eigenvalue weighted by Crippen LogP contribution is -2.02. The number of hydrogen-bond donors (Lipinski definition) is 2. The molecule has 0 spiro atoms. The molecule has 0 fully saturated rings. The minimum absolute atomic E-state index is 0.234. The van der Waals surface area contributed by atoms with Crippen LogP contribution in [0.4, 0.5) is 17.5 Å². The molecule has 0 atom stereocenters. The number of anilines is 3. The molecule has 1 heterocycles. The van der Waals surface area contributed by atoms with E-state index >= 15 is 0 Å². The molecule has 4 nitrogen and oxygen atoms in total. The lowest BCUT2D eigenvalue weighted by atomic mass is 10.2. The zero-order chi connectivity index (χ0) is 13.3. The van der Waals surface area contributed by atoms with Crippen molar-refractivity contribution in [1.82, 2.24) is 9.97 Å².